The van der Waals surface area contributed by atoms with E-state index in [0.29, 0.717) is 11.3 Å². The Labute approximate surface area is 98.4 Å². The summed E-state index contributed by atoms with van der Waals surface area (Å²) in [5.41, 5.74) is 0.299. The van der Waals surface area contributed by atoms with Gasteiger partial charge in [0.2, 0.25) is 0 Å². The topological polar surface area (TPSA) is 29.5 Å². The summed E-state index contributed by atoms with van der Waals surface area (Å²) in [6.45, 7) is 4.57. The van der Waals surface area contributed by atoms with Crippen molar-refractivity contribution in [3.05, 3.63) is 0 Å². The number of ether oxygens (including phenoxy) is 1. The predicted octanol–water partition coefficient (Wildman–Crippen LogP) is 2.74. The Balaban J connectivity index is 2.08. The number of aliphatic hydroxyl groups is 1. The molecule has 1 N–H and O–H groups in total. The Morgan fingerprint density at radius 3 is 2.56 bits per heavy atom. The van der Waals surface area contributed by atoms with Crippen LogP contribution >= 0.6 is 0 Å². The molecule has 2 nitrogen and oxygen atoms in total. The number of hydrogen-bond donors (Lipinski definition) is 1. The lowest BCUT2D eigenvalue weighted by Crippen LogP contribution is -2.69. The number of fused-ring (bicyclic) bond motifs is 2. The predicted molar refractivity (Wildman–Crippen MR) is 63.2 cm³/mol. The molecule has 0 aromatic heterocycles. The minimum absolute atomic E-state index is 0.125. The van der Waals surface area contributed by atoms with Crippen molar-refractivity contribution < 1.29 is 9.84 Å². The van der Waals surface area contributed by atoms with Gasteiger partial charge in [-0.3, -0.25) is 0 Å². The first-order chi connectivity index (χ1) is 7.47. The molecular formula is C14H24O2. The third-order valence-corrected chi connectivity index (χ3v) is 6.13. The fraction of sp³-hybridized carbons (Fsp3) is 1.00. The van der Waals surface area contributed by atoms with Gasteiger partial charge in [-0.1, -0.05) is 20.3 Å². The van der Waals surface area contributed by atoms with Gasteiger partial charge in [-0.05, 0) is 48.9 Å². The molecule has 0 radical (unpaired) electrons. The van der Waals surface area contributed by atoms with E-state index in [1.165, 1.54) is 32.1 Å². The van der Waals surface area contributed by atoms with Gasteiger partial charge in [0.15, 0.2) is 0 Å². The lowest BCUT2D eigenvalue weighted by molar-refractivity contribution is -0.273. The summed E-state index contributed by atoms with van der Waals surface area (Å²) in [4.78, 5) is 0. The van der Waals surface area contributed by atoms with Crippen LogP contribution in [0.2, 0.25) is 0 Å². The number of hydrogen-bond acceptors (Lipinski definition) is 2. The van der Waals surface area contributed by atoms with Gasteiger partial charge in [0.1, 0.15) is 0 Å². The van der Waals surface area contributed by atoms with Gasteiger partial charge in [0.05, 0.1) is 11.7 Å². The molecule has 2 heteroatoms. The Hall–Kier alpha value is -0.0800. The molecule has 0 amide bonds. The lowest BCUT2D eigenvalue weighted by Gasteiger charge is -2.65. The Morgan fingerprint density at radius 1 is 1.19 bits per heavy atom. The lowest BCUT2D eigenvalue weighted by atomic mass is 9.44. The molecule has 4 aliphatic rings. The quantitative estimate of drug-likeness (QED) is 0.742. The van der Waals surface area contributed by atoms with Crippen molar-refractivity contribution in [2.45, 2.75) is 64.1 Å². The van der Waals surface area contributed by atoms with Gasteiger partial charge in [0, 0.05) is 7.11 Å². The second-order valence-corrected chi connectivity index (χ2v) is 6.96. The smallest absolute Gasteiger partial charge is 0.0990 e. The van der Waals surface area contributed by atoms with Crippen LogP contribution in [0.15, 0.2) is 0 Å². The highest BCUT2D eigenvalue weighted by Gasteiger charge is 2.68. The summed E-state index contributed by atoms with van der Waals surface area (Å²) in [6.07, 6.45) is 7.17. The van der Waals surface area contributed by atoms with Crippen molar-refractivity contribution in [1.82, 2.24) is 0 Å². The maximum Gasteiger partial charge on any atom is 0.0990 e. The molecule has 0 aromatic carbocycles. The first kappa shape index (κ1) is 11.0. The van der Waals surface area contributed by atoms with Crippen LogP contribution < -0.4 is 0 Å². The van der Waals surface area contributed by atoms with Crippen LogP contribution in [0.3, 0.4) is 0 Å². The van der Waals surface area contributed by atoms with Gasteiger partial charge < -0.3 is 9.84 Å². The normalized spacial score (nSPS) is 54.0. The zero-order valence-corrected chi connectivity index (χ0v) is 10.8. The molecule has 0 heterocycles. The summed E-state index contributed by atoms with van der Waals surface area (Å²) < 4.78 is 5.85. The molecule has 92 valence electrons. The molecule has 1 spiro atoms. The molecule has 4 rings (SSSR count). The van der Waals surface area contributed by atoms with Crippen molar-refractivity contribution in [1.29, 1.82) is 0 Å². The standard InChI is InChI=1S/C14H24O2/c1-12(2)9-13-6-4-5-10(13)11(15)14(12,16-3)8-7-13/h10-11,15H,4-9H2,1-3H3/t10-,11-,13-,14+/m0/s1. The number of aliphatic hydroxyl groups excluding tert-OH is 1. The Kier molecular flexibility index (Phi) is 2.09. The van der Waals surface area contributed by atoms with Crippen molar-refractivity contribution in [2.75, 3.05) is 7.11 Å². The molecule has 0 aliphatic heterocycles. The highest BCUT2D eigenvalue weighted by atomic mass is 16.5. The van der Waals surface area contributed by atoms with Crippen LogP contribution in [0.5, 0.6) is 0 Å². The molecule has 4 saturated carbocycles. The van der Waals surface area contributed by atoms with E-state index in [0.717, 1.165) is 6.42 Å². The molecule has 0 aromatic rings. The first-order valence-corrected chi connectivity index (χ1v) is 6.71. The minimum atomic E-state index is -0.274. The van der Waals surface area contributed by atoms with E-state index in [9.17, 15) is 5.11 Å². The van der Waals surface area contributed by atoms with Crippen molar-refractivity contribution >= 4 is 0 Å². The third-order valence-electron chi connectivity index (χ3n) is 6.13. The summed E-state index contributed by atoms with van der Waals surface area (Å²) in [5.74, 6) is 0.509. The van der Waals surface area contributed by atoms with Crippen molar-refractivity contribution in [3.8, 4) is 0 Å². The maximum atomic E-state index is 10.7. The van der Waals surface area contributed by atoms with Crippen molar-refractivity contribution in [3.63, 3.8) is 0 Å². The SMILES string of the molecule is CO[C@]12CC[C@@]3(CCC[C@H]3[C@@H]1O)CC2(C)C. The van der Waals surface area contributed by atoms with Crippen LogP contribution in [0.1, 0.15) is 52.4 Å². The van der Waals surface area contributed by atoms with E-state index >= 15 is 0 Å². The molecular weight excluding hydrogens is 200 g/mol. The zero-order chi connectivity index (χ0) is 11.6. The van der Waals surface area contributed by atoms with E-state index in [1.807, 2.05) is 0 Å². The summed E-state index contributed by atoms with van der Waals surface area (Å²) in [6, 6.07) is 0. The van der Waals surface area contributed by atoms with Gasteiger partial charge in [0.25, 0.3) is 0 Å². The van der Waals surface area contributed by atoms with Gasteiger partial charge in [-0.25, -0.2) is 0 Å². The average molecular weight is 224 g/mol. The zero-order valence-electron chi connectivity index (χ0n) is 10.8. The fourth-order valence-corrected chi connectivity index (χ4v) is 5.45. The fourth-order valence-electron chi connectivity index (χ4n) is 5.45. The second-order valence-electron chi connectivity index (χ2n) is 6.96. The molecule has 4 aliphatic carbocycles. The second kappa shape index (κ2) is 3.02. The largest absolute Gasteiger partial charge is 0.390 e. The first-order valence-electron chi connectivity index (χ1n) is 6.71. The summed E-state index contributed by atoms with van der Waals surface area (Å²) in [5, 5.41) is 10.7. The van der Waals surface area contributed by atoms with Crippen LogP contribution in [0.25, 0.3) is 0 Å². The maximum absolute atomic E-state index is 10.7. The van der Waals surface area contributed by atoms with E-state index < -0.39 is 0 Å². The van der Waals surface area contributed by atoms with E-state index in [4.69, 9.17) is 4.74 Å². The van der Waals surface area contributed by atoms with Gasteiger partial charge >= 0.3 is 0 Å². The van der Waals surface area contributed by atoms with Crippen LogP contribution in [0.4, 0.5) is 0 Å². The Bertz CT molecular complexity index is 312. The average Bonchev–Trinajstić information content (AvgIpc) is 2.61. The molecule has 0 saturated heterocycles. The van der Waals surface area contributed by atoms with Crippen molar-refractivity contribution in [2.24, 2.45) is 16.7 Å². The summed E-state index contributed by atoms with van der Waals surface area (Å²) in [7, 11) is 1.79. The number of rotatable bonds is 1. The van der Waals surface area contributed by atoms with E-state index in [1.54, 1.807) is 7.11 Å². The monoisotopic (exact) mass is 224 g/mol. The highest BCUT2D eigenvalue weighted by molar-refractivity contribution is 5.18. The molecule has 16 heavy (non-hydrogen) atoms. The molecule has 0 unspecified atom stereocenters. The van der Waals surface area contributed by atoms with Crippen LogP contribution in [-0.4, -0.2) is 23.9 Å². The minimum Gasteiger partial charge on any atom is -0.390 e. The van der Waals surface area contributed by atoms with E-state index in [-0.39, 0.29) is 17.1 Å². The van der Waals surface area contributed by atoms with Crippen LogP contribution in [-0.2, 0) is 4.74 Å². The molecule has 4 atom stereocenters. The third kappa shape index (κ3) is 1.01. The van der Waals surface area contributed by atoms with Gasteiger partial charge in [-0.15, -0.1) is 0 Å². The summed E-state index contributed by atoms with van der Waals surface area (Å²) >= 11 is 0. The van der Waals surface area contributed by atoms with E-state index in [2.05, 4.69) is 13.8 Å². The van der Waals surface area contributed by atoms with Gasteiger partial charge in [-0.2, -0.15) is 0 Å². The highest BCUT2D eigenvalue weighted by Crippen LogP contribution is 2.68. The Morgan fingerprint density at radius 2 is 1.94 bits per heavy atom. The van der Waals surface area contributed by atoms with Crippen LogP contribution in [0, 0.1) is 16.7 Å². The number of methoxy groups -OCH3 is 1. The molecule has 2 bridgehead atoms. The molecule has 4 fully saturated rings.